The number of rotatable bonds is 9. The first-order valence-corrected chi connectivity index (χ1v) is 11.4. The highest BCUT2D eigenvalue weighted by Crippen LogP contribution is 2.41. The van der Waals surface area contributed by atoms with Crippen molar-refractivity contribution in [1.29, 1.82) is 0 Å². The smallest absolute Gasteiger partial charge is 0.305 e. The largest absolute Gasteiger partial charge is 0.508 e. The van der Waals surface area contributed by atoms with Gasteiger partial charge in [0.1, 0.15) is 23.0 Å². The summed E-state index contributed by atoms with van der Waals surface area (Å²) in [6.45, 7) is 2.23. The third-order valence-corrected chi connectivity index (χ3v) is 5.65. The van der Waals surface area contributed by atoms with Gasteiger partial charge in [-0.25, -0.2) is 0 Å². The molecule has 0 bridgehead atoms. The van der Waals surface area contributed by atoms with Crippen LogP contribution in [0.4, 0.5) is 0 Å². The lowest BCUT2D eigenvalue weighted by molar-refractivity contribution is -0.143. The molecule has 0 aromatic heterocycles. The Morgan fingerprint density at radius 2 is 1.62 bits per heavy atom. The number of ether oxygens (including phenoxy) is 3. The minimum atomic E-state index is -0.157. The fourth-order valence-electron chi connectivity index (χ4n) is 3.91. The highest BCUT2D eigenvalue weighted by Gasteiger charge is 2.13. The normalized spacial score (nSPS) is 10.8. The fourth-order valence-corrected chi connectivity index (χ4v) is 3.91. The average Bonchev–Trinajstić information content (AvgIpc) is 2.85. The summed E-state index contributed by atoms with van der Waals surface area (Å²) >= 11 is 0. The summed E-state index contributed by atoms with van der Waals surface area (Å²) in [4.78, 5) is 11.5. The second kappa shape index (κ2) is 10.8. The van der Waals surface area contributed by atoms with Crippen LogP contribution in [0.15, 0.2) is 78.9 Å². The van der Waals surface area contributed by atoms with Crippen molar-refractivity contribution in [3.63, 3.8) is 0 Å². The number of benzene rings is 4. The van der Waals surface area contributed by atoms with Crippen LogP contribution < -0.4 is 9.47 Å². The molecule has 0 aliphatic rings. The maximum Gasteiger partial charge on any atom is 0.305 e. The van der Waals surface area contributed by atoms with E-state index in [4.69, 9.17) is 14.2 Å². The molecule has 0 heterocycles. The Labute approximate surface area is 199 Å². The summed E-state index contributed by atoms with van der Waals surface area (Å²) in [5.74, 6) is 2.27. The zero-order chi connectivity index (χ0) is 23.9. The molecule has 0 fully saturated rings. The molecule has 0 saturated carbocycles. The van der Waals surface area contributed by atoms with Gasteiger partial charge in [-0.05, 0) is 84.8 Å². The van der Waals surface area contributed by atoms with Gasteiger partial charge in [-0.1, -0.05) is 30.3 Å². The molecule has 5 nitrogen and oxygen atoms in total. The van der Waals surface area contributed by atoms with Gasteiger partial charge in [-0.3, -0.25) is 4.79 Å². The van der Waals surface area contributed by atoms with Crippen molar-refractivity contribution in [2.75, 3.05) is 13.7 Å². The number of phenolic OH excluding ortho intramolecular Hbond substituents is 1. The van der Waals surface area contributed by atoms with E-state index in [1.165, 1.54) is 0 Å². The van der Waals surface area contributed by atoms with Crippen LogP contribution in [0.5, 0.6) is 23.0 Å². The minimum absolute atomic E-state index is 0.157. The number of hydrogen-bond acceptors (Lipinski definition) is 5. The summed E-state index contributed by atoms with van der Waals surface area (Å²) in [7, 11) is 1.65. The number of fused-ring (bicyclic) bond motifs is 1. The molecule has 5 heteroatoms. The zero-order valence-electron chi connectivity index (χ0n) is 19.4. The van der Waals surface area contributed by atoms with Gasteiger partial charge in [0.25, 0.3) is 0 Å². The molecule has 4 aromatic carbocycles. The molecule has 0 aliphatic heterocycles. The summed E-state index contributed by atoms with van der Waals surface area (Å²) in [6.07, 6.45) is 1.96. The Morgan fingerprint density at radius 3 is 2.32 bits per heavy atom. The number of aryl methyl sites for hydroxylation is 1. The SMILES string of the molecule is CCOC(=O)CCCc1ccc(Oc2c(-c3ccc(OC)cc3)ccc3cc(O)ccc23)cc1. The van der Waals surface area contributed by atoms with Crippen LogP contribution in [0.2, 0.25) is 0 Å². The van der Waals surface area contributed by atoms with Gasteiger partial charge in [-0.2, -0.15) is 0 Å². The highest BCUT2D eigenvalue weighted by atomic mass is 16.5. The molecule has 0 atom stereocenters. The quantitative estimate of drug-likeness (QED) is 0.278. The molecule has 34 heavy (non-hydrogen) atoms. The van der Waals surface area contributed by atoms with E-state index in [2.05, 4.69) is 0 Å². The Balaban J connectivity index is 1.60. The van der Waals surface area contributed by atoms with Crippen molar-refractivity contribution >= 4 is 16.7 Å². The van der Waals surface area contributed by atoms with E-state index in [-0.39, 0.29) is 11.7 Å². The van der Waals surface area contributed by atoms with Gasteiger partial charge in [0.05, 0.1) is 13.7 Å². The summed E-state index contributed by atoms with van der Waals surface area (Å²) < 4.78 is 16.7. The van der Waals surface area contributed by atoms with Crippen LogP contribution in [-0.4, -0.2) is 24.8 Å². The summed E-state index contributed by atoms with van der Waals surface area (Å²) in [5.41, 5.74) is 3.08. The molecule has 174 valence electrons. The van der Waals surface area contributed by atoms with E-state index in [9.17, 15) is 9.90 Å². The minimum Gasteiger partial charge on any atom is -0.508 e. The number of carbonyl (C=O) groups is 1. The molecule has 0 amide bonds. The predicted molar refractivity (Wildman–Crippen MR) is 134 cm³/mol. The first-order chi connectivity index (χ1) is 16.6. The van der Waals surface area contributed by atoms with Gasteiger partial charge in [0.2, 0.25) is 0 Å². The van der Waals surface area contributed by atoms with Gasteiger partial charge >= 0.3 is 5.97 Å². The number of hydrogen-bond donors (Lipinski definition) is 1. The maximum atomic E-state index is 11.5. The molecule has 4 aromatic rings. The van der Waals surface area contributed by atoms with Crippen LogP contribution >= 0.6 is 0 Å². The van der Waals surface area contributed by atoms with E-state index >= 15 is 0 Å². The number of methoxy groups -OCH3 is 1. The molecule has 0 aliphatic carbocycles. The lowest BCUT2D eigenvalue weighted by Gasteiger charge is -2.15. The van der Waals surface area contributed by atoms with Crippen LogP contribution in [0, 0.1) is 0 Å². The van der Waals surface area contributed by atoms with Crippen LogP contribution in [0.1, 0.15) is 25.3 Å². The van der Waals surface area contributed by atoms with Crippen molar-refractivity contribution in [1.82, 2.24) is 0 Å². The molecular weight excluding hydrogens is 428 g/mol. The van der Waals surface area contributed by atoms with Crippen molar-refractivity contribution in [2.45, 2.75) is 26.2 Å². The highest BCUT2D eigenvalue weighted by molar-refractivity contribution is 5.96. The molecule has 0 spiro atoms. The van der Waals surface area contributed by atoms with Gasteiger partial charge < -0.3 is 19.3 Å². The van der Waals surface area contributed by atoms with Gasteiger partial charge in [0.15, 0.2) is 0 Å². The third kappa shape index (κ3) is 5.49. The maximum absolute atomic E-state index is 11.5. The molecule has 0 unspecified atom stereocenters. The molecule has 4 rings (SSSR count). The summed E-state index contributed by atoms with van der Waals surface area (Å²) in [5, 5.41) is 11.7. The average molecular weight is 457 g/mol. The predicted octanol–water partition coefficient (Wildman–Crippen LogP) is 6.90. The lowest BCUT2D eigenvalue weighted by atomic mass is 9.99. The standard InChI is InChI=1S/C29H28O5/c1-3-33-28(31)6-4-5-20-7-13-25(14-8-20)34-29-26(21-9-15-24(32-2)16-10-21)17-11-22-19-23(30)12-18-27(22)29/h7-19,30H,3-6H2,1-2H3. The second-order valence-corrected chi connectivity index (χ2v) is 7.98. The number of carbonyl (C=O) groups excluding carboxylic acids is 1. The van der Waals surface area contributed by atoms with Gasteiger partial charge in [-0.15, -0.1) is 0 Å². The number of aromatic hydroxyl groups is 1. The molecular formula is C29H28O5. The van der Waals surface area contributed by atoms with E-state index in [1.807, 2.05) is 73.7 Å². The van der Waals surface area contributed by atoms with E-state index in [1.54, 1.807) is 19.2 Å². The lowest BCUT2D eigenvalue weighted by Crippen LogP contribution is -2.03. The fraction of sp³-hybridized carbons (Fsp3) is 0.207. The molecule has 0 radical (unpaired) electrons. The van der Waals surface area contributed by atoms with E-state index in [0.29, 0.717) is 18.8 Å². The van der Waals surface area contributed by atoms with Crippen molar-refractivity contribution in [3.8, 4) is 34.1 Å². The van der Waals surface area contributed by atoms with Crippen LogP contribution in [0.3, 0.4) is 0 Å². The monoisotopic (exact) mass is 456 g/mol. The number of esters is 1. The van der Waals surface area contributed by atoms with Crippen molar-refractivity contribution < 1.29 is 24.1 Å². The van der Waals surface area contributed by atoms with Crippen LogP contribution in [0.25, 0.3) is 21.9 Å². The first kappa shape index (κ1) is 23.2. The topological polar surface area (TPSA) is 65.0 Å². The van der Waals surface area contributed by atoms with Crippen molar-refractivity contribution in [2.24, 2.45) is 0 Å². The molecule has 1 N–H and O–H groups in total. The van der Waals surface area contributed by atoms with E-state index in [0.717, 1.165) is 51.8 Å². The first-order valence-electron chi connectivity index (χ1n) is 11.4. The second-order valence-electron chi connectivity index (χ2n) is 7.98. The number of phenols is 1. The Bertz CT molecular complexity index is 1260. The van der Waals surface area contributed by atoms with Crippen LogP contribution in [-0.2, 0) is 16.0 Å². The molecule has 0 saturated heterocycles. The van der Waals surface area contributed by atoms with Gasteiger partial charge in [0, 0.05) is 17.4 Å². The Hall–Kier alpha value is -3.99. The third-order valence-electron chi connectivity index (χ3n) is 5.65. The Morgan fingerprint density at radius 1 is 0.882 bits per heavy atom. The van der Waals surface area contributed by atoms with Crippen molar-refractivity contribution in [3.05, 3.63) is 84.4 Å². The van der Waals surface area contributed by atoms with E-state index < -0.39 is 0 Å². The zero-order valence-corrected chi connectivity index (χ0v) is 19.4. The summed E-state index contributed by atoms with van der Waals surface area (Å²) in [6, 6.07) is 25.0. The Kier molecular flexibility index (Phi) is 7.33.